The van der Waals surface area contributed by atoms with Gasteiger partial charge >= 0.3 is 0 Å². The van der Waals surface area contributed by atoms with Crippen LogP contribution >= 0.6 is 0 Å². The maximum absolute atomic E-state index is 12.3. The maximum Gasteiger partial charge on any atom is 0.255 e. The topological polar surface area (TPSA) is 86.5 Å². The second-order valence-corrected chi connectivity index (χ2v) is 4.87. The summed E-state index contributed by atoms with van der Waals surface area (Å²) in [4.78, 5) is 16.3. The predicted octanol–water partition coefficient (Wildman–Crippen LogP) is 3.10. The Kier molecular flexibility index (Phi) is 5.80. The van der Waals surface area contributed by atoms with Gasteiger partial charge in [0, 0.05) is 5.56 Å². The Morgan fingerprint density at radius 2 is 2.00 bits per heavy atom. The van der Waals surface area contributed by atoms with Crippen LogP contribution in [0.4, 0.5) is 11.5 Å². The van der Waals surface area contributed by atoms with Crippen LogP contribution < -0.4 is 20.5 Å². The number of pyridine rings is 1. The molecule has 0 radical (unpaired) electrons. The van der Waals surface area contributed by atoms with Gasteiger partial charge in [-0.15, -0.1) is 0 Å². The Morgan fingerprint density at radius 1 is 1.17 bits per heavy atom. The zero-order chi connectivity index (χ0) is 16.7. The van der Waals surface area contributed by atoms with E-state index in [0.29, 0.717) is 41.8 Å². The number of amides is 1. The molecule has 6 nitrogen and oxygen atoms in total. The molecule has 0 bridgehead atoms. The maximum atomic E-state index is 12.3. The van der Waals surface area contributed by atoms with Crippen LogP contribution in [0.3, 0.4) is 0 Å². The van der Waals surface area contributed by atoms with Crippen molar-refractivity contribution in [1.29, 1.82) is 0 Å². The van der Waals surface area contributed by atoms with Gasteiger partial charge < -0.3 is 20.5 Å². The first kappa shape index (κ1) is 16.6. The molecular weight excluding hydrogens is 294 g/mol. The fraction of sp³-hybridized carbons (Fsp3) is 0.294. The summed E-state index contributed by atoms with van der Waals surface area (Å²) in [6, 6.07) is 8.45. The van der Waals surface area contributed by atoms with Gasteiger partial charge in [-0.05, 0) is 43.7 Å². The average Bonchev–Trinajstić information content (AvgIpc) is 2.56. The van der Waals surface area contributed by atoms with Crippen molar-refractivity contribution in [3.05, 3.63) is 42.1 Å². The number of ether oxygens (including phenoxy) is 2. The minimum atomic E-state index is -0.250. The van der Waals surface area contributed by atoms with E-state index in [9.17, 15) is 4.79 Å². The van der Waals surface area contributed by atoms with E-state index < -0.39 is 0 Å². The standard InChI is InChI=1S/C17H21N3O3/c1-3-9-23-14-7-5-12(10-15(14)22-4-2)17(21)20-13-6-8-16(18)19-11-13/h5-8,10-11H,3-4,9H2,1-2H3,(H2,18,19)(H,20,21). The number of carbonyl (C=O) groups excluding carboxylic acids is 1. The molecule has 0 atom stereocenters. The number of carbonyl (C=O) groups is 1. The third-order valence-electron chi connectivity index (χ3n) is 3.01. The molecular formula is C17H21N3O3. The van der Waals surface area contributed by atoms with E-state index in [1.54, 1.807) is 30.3 Å². The van der Waals surface area contributed by atoms with Crippen molar-refractivity contribution in [2.45, 2.75) is 20.3 Å². The third-order valence-corrected chi connectivity index (χ3v) is 3.01. The molecule has 1 amide bonds. The molecule has 0 saturated carbocycles. The number of nitrogen functional groups attached to an aromatic ring is 1. The molecule has 0 fully saturated rings. The molecule has 2 aromatic rings. The first-order valence-electron chi connectivity index (χ1n) is 7.56. The highest BCUT2D eigenvalue weighted by Gasteiger charge is 2.12. The normalized spacial score (nSPS) is 10.2. The highest BCUT2D eigenvalue weighted by molar-refractivity contribution is 6.04. The number of aromatic nitrogens is 1. The zero-order valence-electron chi connectivity index (χ0n) is 13.3. The predicted molar refractivity (Wildman–Crippen MR) is 90.0 cm³/mol. The minimum absolute atomic E-state index is 0.250. The Bertz CT molecular complexity index is 657. The van der Waals surface area contributed by atoms with E-state index in [4.69, 9.17) is 15.2 Å². The van der Waals surface area contributed by atoms with E-state index in [0.717, 1.165) is 6.42 Å². The molecule has 122 valence electrons. The lowest BCUT2D eigenvalue weighted by Gasteiger charge is -2.13. The summed E-state index contributed by atoms with van der Waals surface area (Å²) in [5.41, 5.74) is 6.58. The van der Waals surface area contributed by atoms with Gasteiger partial charge in [-0.2, -0.15) is 0 Å². The van der Waals surface area contributed by atoms with Crippen molar-refractivity contribution in [3.63, 3.8) is 0 Å². The van der Waals surface area contributed by atoms with Crippen LogP contribution in [0.1, 0.15) is 30.6 Å². The van der Waals surface area contributed by atoms with Gasteiger partial charge in [-0.3, -0.25) is 4.79 Å². The van der Waals surface area contributed by atoms with Crippen molar-refractivity contribution in [3.8, 4) is 11.5 Å². The van der Waals surface area contributed by atoms with E-state index in [-0.39, 0.29) is 5.91 Å². The monoisotopic (exact) mass is 315 g/mol. The molecule has 1 aromatic carbocycles. The van der Waals surface area contributed by atoms with Crippen LogP contribution in [-0.4, -0.2) is 24.1 Å². The molecule has 0 unspecified atom stereocenters. The lowest BCUT2D eigenvalue weighted by Crippen LogP contribution is -2.12. The fourth-order valence-electron chi connectivity index (χ4n) is 1.93. The summed E-state index contributed by atoms with van der Waals surface area (Å²) in [6.07, 6.45) is 2.41. The van der Waals surface area contributed by atoms with Crippen LogP contribution in [-0.2, 0) is 0 Å². The van der Waals surface area contributed by atoms with Gasteiger partial charge in [-0.1, -0.05) is 6.92 Å². The molecule has 3 N–H and O–H groups in total. The summed E-state index contributed by atoms with van der Waals surface area (Å²) in [5, 5.41) is 2.76. The van der Waals surface area contributed by atoms with Crippen LogP contribution in [0.2, 0.25) is 0 Å². The Morgan fingerprint density at radius 3 is 2.65 bits per heavy atom. The van der Waals surface area contributed by atoms with Gasteiger partial charge in [0.1, 0.15) is 5.82 Å². The van der Waals surface area contributed by atoms with Crippen molar-refractivity contribution in [1.82, 2.24) is 4.98 Å². The van der Waals surface area contributed by atoms with Crippen molar-refractivity contribution in [2.24, 2.45) is 0 Å². The van der Waals surface area contributed by atoms with E-state index in [1.807, 2.05) is 13.8 Å². The number of nitrogens with one attached hydrogen (secondary N) is 1. The lowest BCUT2D eigenvalue weighted by atomic mass is 10.2. The quantitative estimate of drug-likeness (QED) is 0.820. The van der Waals surface area contributed by atoms with E-state index in [2.05, 4.69) is 10.3 Å². The molecule has 0 aliphatic rings. The Labute approximate surface area is 135 Å². The number of hydrogen-bond acceptors (Lipinski definition) is 5. The summed E-state index contributed by atoms with van der Waals surface area (Å²) in [6.45, 7) is 5.01. The van der Waals surface area contributed by atoms with Crippen LogP contribution in [0.15, 0.2) is 36.5 Å². The average molecular weight is 315 g/mol. The Hall–Kier alpha value is -2.76. The molecule has 6 heteroatoms. The number of nitrogens with zero attached hydrogens (tertiary/aromatic N) is 1. The van der Waals surface area contributed by atoms with Crippen molar-refractivity contribution < 1.29 is 14.3 Å². The number of benzene rings is 1. The smallest absolute Gasteiger partial charge is 0.255 e. The molecule has 0 saturated heterocycles. The highest BCUT2D eigenvalue weighted by Crippen LogP contribution is 2.29. The molecule has 1 heterocycles. The number of nitrogens with two attached hydrogens (primary N) is 1. The zero-order valence-corrected chi connectivity index (χ0v) is 13.3. The molecule has 0 aliphatic carbocycles. The molecule has 23 heavy (non-hydrogen) atoms. The van der Waals surface area contributed by atoms with E-state index >= 15 is 0 Å². The van der Waals surface area contributed by atoms with Gasteiger partial charge in [0.15, 0.2) is 11.5 Å². The molecule has 2 rings (SSSR count). The second-order valence-electron chi connectivity index (χ2n) is 4.87. The van der Waals surface area contributed by atoms with Crippen molar-refractivity contribution >= 4 is 17.4 Å². The summed E-state index contributed by atoms with van der Waals surface area (Å²) < 4.78 is 11.2. The Balaban J connectivity index is 2.16. The number of hydrogen-bond donors (Lipinski definition) is 2. The summed E-state index contributed by atoms with van der Waals surface area (Å²) in [7, 11) is 0. The first-order chi connectivity index (χ1) is 11.1. The highest BCUT2D eigenvalue weighted by atomic mass is 16.5. The number of rotatable bonds is 7. The lowest BCUT2D eigenvalue weighted by molar-refractivity contribution is 0.102. The third kappa shape index (κ3) is 4.60. The SMILES string of the molecule is CCCOc1ccc(C(=O)Nc2ccc(N)nc2)cc1OCC. The van der Waals surface area contributed by atoms with Crippen molar-refractivity contribution in [2.75, 3.05) is 24.3 Å². The second kappa shape index (κ2) is 8.03. The number of anilines is 2. The first-order valence-corrected chi connectivity index (χ1v) is 7.56. The van der Waals surface area contributed by atoms with Gasteiger partial charge in [-0.25, -0.2) is 4.98 Å². The fourth-order valence-corrected chi connectivity index (χ4v) is 1.93. The molecule has 1 aromatic heterocycles. The summed E-state index contributed by atoms with van der Waals surface area (Å²) in [5.74, 6) is 1.35. The van der Waals surface area contributed by atoms with Gasteiger partial charge in [0.2, 0.25) is 0 Å². The van der Waals surface area contributed by atoms with Gasteiger partial charge in [0.05, 0.1) is 25.1 Å². The van der Waals surface area contributed by atoms with E-state index in [1.165, 1.54) is 6.20 Å². The minimum Gasteiger partial charge on any atom is -0.490 e. The largest absolute Gasteiger partial charge is 0.490 e. The van der Waals surface area contributed by atoms with Crippen LogP contribution in [0.25, 0.3) is 0 Å². The van der Waals surface area contributed by atoms with Crippen LogP contribution in [0.5, 0.6) is 11.5 Å². The van der Waals surface area contributed by atoms with Crippen LogP contribution in [0, 0.1) is 0 Å². The van der Waals surface area contributed by atoms with Gasteiger partial charge in [0.25, 0.3) is 5.91 Å². The molecule has 0 aliphatic heterocycles. The summed E-state index contributed by atoms with van der Waals surface area (Å²) >= 11 is 0. The molecule has 0 spiro atoms.